The Kier molecular flexibility index (Phi) is 7.06. The lowest BCUT2D eigenvalue weighted by Crippen LogP contribution is -2.43. The molecule has 3 nitrogen and oxygen atoms in total. The van der Waals surface area contributed by atoms with Crippen LogP contribution in [0.1, 0.15) is 54.0 Å². The molecule has 0 N–H and O–H groups in total. The summed E-state index contributed by atoms with van der Waals surface area (Å²) in [7, 11) is 0. The zero-order valence-electron chi connectivity index (χ0n) is 21.1. The summed E-state index contributed by atoms with van der Waals surface area (Å²) in [6, 6.07) is 25.6. The van der Waals surface area contributed by atoms with Crippen molar-refractivity contribution < 1.29 is 9.53 Å². The van der Waals surface area contributed by atoms with Gasteiger partial charge in [-0.3, -0.25) is 4.79 Å². The Morgan fingerprint density at radius 2 is 1.86 bits per heavy atom. The molecule has 3 heteroatoms. The molecule has 2 aliphatic heterocycles. The van der Waals surface area contributed by atoms with Gasteiger partial charge in [-0.2, -0.15) is 0 Å². The first kappa shape index (κ1) is 23.8. The molecule has 0 amide bonds. The molecule has 2 aliphatic rings. The van der Waals surface area contributed by atoms with Crippen LogP contribution in [0.3, 0.4) is 0 Å². The second kappa shape index (κ2) is 10.4. The molecule has 0 bridgehead atoms. The number of carbonyl (C=O) groups excluding carboxylic acids is 1. The summed E-state index contributed by atoms with van der Waals surface area (Å²) in [4.78, 5) is 16.2. The summed E-state index contributed by atoms with van der Waals surface area (Å²) in [5.41, 5.74) is 5.64. The van der Waals surface area contributed by atoms with Gasteiger partial charge in [-0.25, -0.2) is 0 Å². The number of nitrogens with zero attached hydrogens (tertiary/aromatic N) is 1. The monoisotopic (exact) mass is 467 g/mol. The molecule has 1 saturated heterocycles. The summed E-state index contributed by atoms with van der Waals surface area (Å²) >= 11 is 0. The Balaban J connectivity index is 1.35. The average molecular weight is 468 g/mol. The zero-order valence-corrected chi connectivity index (χ0v) is 21.1. The molecule has 0 spiro atoms. The Labute approximate surface area is 210 Å². The molecule has 0 aromatic heterocycles. The standard InChI is InChI=1S/C32H37NO2/c1-24-9-6-7-13-30(24)32(25(2)34,29-11-4-3-5-12-29)22-27-10-8-18-33(23-27)19-16-26-14-15-31-28(21-26)17-20-35-31/h3-7,9,11-15,21,27H,8,10,16-20,22-23H2,1-2H3. The Morgan fingerprint density at radius 3 is 2.66 bits per heavy atom. The van der Waals surface area contributed by atoms with Crippen LogP contribution >= 0.6 is 0 Å². The first-order valence-corrected chi connectivity index (χ1v) is 13.2. The van der Waals surface area contributed by atoms with E-state index in [1.165, 1.54) is 29.5 Å². The second-order valence-electron chi connectivity index (χ2n) is 10.4. The van der Waals surface area contributed by atoms with Gasteiger partial charge in [-0.05, 0) is 85.9 Å². The average Bonchev–Trinajstić information content (AvgIpc) is 3.35. The van der Waals surface area contributed by atoms with Gasteiger partial charge in [-0.15, -0.1) is 0 Å². The molecule has 0 saturated carbocycles. The van der Waals surface area contributed by atoms with Crippen molar-refractivity contribution in [2.75, 3.05) is 26.2 Å². The van der Waals surface area contributed by atoms with Gasteiger partial charge in [-0.1, -0.05) is 66.7 Å². The summed E-state index contributed by atoms with van der Waals surface area (Å²) in [6.07, 6.45) is 5.33. The highest BCUT2D eigenvalue weighted by Crippen LogP contribution is 2.42. The Bertz CT molecular complexity index is 1170. The predicted molar refractivity (Wildman–Crippen MR) is 142 cm³/mol. The van der Waals surface area contributed by atoms with E-state index in [0.717, 1.165) is 62.4 Å². The van der Waals surface area contributed by atoms with Crippen LogP contribution < -0.4 is 4.74 Å². The minimum absolute atomic E-state index is 0.246. The maximum Gasteiger partial charge on any atom is 0.144 e. The SMILES string of the molecule is CC(=O)C(CC1CCCN(CCc2ccc3c(c2)CCO3)C1)(c1ccccc1)c1ccccc1C. The van der Waals surface area contributed by atoms with E-state index in [1.54, 1.807) is 6.92 Å². The number of carbonyl (C=O) groups is 1. The molecule has 0 radical (unpaired) electrons. The fourth-order valence-electron chi connectivity index (χ4n) is 6.33. The van der Waals surface area contributed by atoms with Gasteiger partial charge in [0.15, 0.2) is 0 Å². The van der Waals surface area contributed by atoms with E-state index < -0.39 is 5.41 Å². The maximum atomic E-state index is 13.6. The molecule has 0 aliphatic carbocycles. The number of aryl methyl sites for hydroxylation is 1. The maximum absolute atomic E-state index is 13.6. The van der Waals surface area contributed by atoms with Crippen LogP contribution in [0.25, 0.3) is 0 Å². The molecule has 3 aromatic rings. The third-order valence-corrected chi connectivity index (χ3v) is 8.14. The number of benzene rings is 3. The van der Waals surface area contributed by atoms with E-state index in [2.05, 4.69) is 78.6 Å². The summed E-state index contributed by atoms with van der Waals surface area (Å²) in [5, 5.41) is 0. The molecule has 3 aromatic carbocycles. The Morgan fingerprint density at radius 1 is 1.06 bits per heavy atom. The number of likely N-dealkylation sites (tertiary alicyclic amines) is 1. The third-order valence-electron chi connectivity index (χ3n) is 8.14. The number of piperidine rings is 1. The van der Waals surface area contributed by atoms with E-state index >= 15 is 0 Å². The van der Waals surface area contributed by atoms with Crippen molar-refractivity contribution in [3.05, 3.63) is 101 Å². The normalized spacial score (nSPS) is 19.5. The molecule has 2 heterocycles. The van der Waals surface area contributed by atoms with Crippen molar-refractivity contribution in [2.24, 2.45) is 5.92 Å². The first-order chi connectivity index (χ1) is 17.1. The highest BCUT2D eigenvalue weighted by Gasteiger charge is 2.42. The van der Waals surface area contributed by atoms with Crippen molar-refractivity contribution in [3.8, 4) is 5.75 Å². The van der Waals surface area contributed by atoms with Crippen molar-refractivity contribution in [1.82, 2.24) is 4.90 Å². The van der Waals surface area contributed by atoms with E-state index in [9.17, 15) is 4.79 Å². The molecule has 2 unspecified atom stereocenters. The highest BCUT2D eigenvalue weighted by molar-refractivity contribution is 5.92. The number of hydrogen-bond acceptors (Lipinski definition) is 3. The van der Waals surface area contributed by atoms with E-state index in [0.29, 0.717) is 5.92 Å². The lowest BCUT2D eigenvalue weighted by molar-refractivity contribution is -0.121. The number of ketones is 1. The summed E-state index contributed by atoms with van der Waals surface area (Å²) < 4.78 is 5.67. The molecule has 1 fully saturated rings. The second-order valence-corrected chi connectivity index (χ2v) is 10.4. The number of Topliss-reactive ketones (excluding diaryl/α,β-unsaturated/α-hetero) is 1. The third kappa shape index (κ3) is 4.92. The van der Waals surface area contributed by atoms with Gasteiger partial charge < -0.3 is 9.64 Å². The van der Waals surface area contributed by atoms with Crippen molar-refractivity contribution in [2.45, 2.75) is 51.4 Å². The topological polar surface area (TPSA) is 29.5 Å². The van der Waals surface area contributed by atoms with Gasteiger partial charge >= 0.3 is 0 Å². The first-order valence-electron chi connectivity index (χ1n) is 13.2. The molecular formula is C32H37NO2. The zero-order chi connectivity index (χ0) is 24.3. The Hall–Kier alpha value is -2.91. The van der Waals surface area contributed by atoms with Crippen LogP contribution in [0, 0.1) is 12.8 Å². The van der Waals surface area contributed by atoms with Crippen molar-refractivity contribution in [1.29, 1.82) is 0 Å². The number of hydrogen-bond donors (Lipinski definition) is 0. The highest BCUT2D eigenvalue weighted by atomic mass is 16.5. The van der Waals surface area contributed by atoms with Gasteiger partial charge in [0.05, 0.1) is 12.0 Å². The van der Waals surface area contributed by atoms with E-state index in [1.807, 2.05) is 6.07 Å². The molecule has 35 heavy (non-hydrogen) atoms. The number of rotatable bonds is 8. The number of ether oxygens (including phenoxy) is 1. The van der Waals surface area contributed by atoms with Crippen LogP contribution in [0.4, 0.5) is 0 Å². The minimum Gasteiger partial charge on any atom is -0.493 e. The van der Waals surface area contributed by atoms with Crippen LogP contribution in [0.15, 0.2) is 72.8 Å². The molecule has 2 atom stereocenters. The molecule has 182 valence electrons. The van der Waals surface area contributed by atoms with Gasteiger partial charge in [0, 0.05) is 19.5 Å². The van der Waals surface area contributed by atoms with Crippen molar-refractivity contribution in [3.63, 3.8) is 0 Å². The van der Waals surface area contributed by atoms with Crippen LogP contribution in [-0.4, -0.2) is 36.9 Å². The van der Waals surface area contributed by atoms with Crippen molar-refractivity contribution >= 4 is 5.78 Å². The van der Waals surface area contributed by atoms with E-state index in [-0.39, 0.29) is 5.78 Å². The van der Waals surface area contributed by atoms with Crippen LogP contribution in [0.5, 0.6) is 5.75 Å². The van der Waals surface area contributed by atoms with Gasteiger partial charge in [0.1, 0.15) is 11.5 Å². The lowest BCUT2D eigenvalue weighted by Gasteiger charge is -2.40. The van der Waals surface area contributed by atoms with Gasteiger partial charge in [0.2, 0.25) is 0 Å². The van der Waals surface area contributed by atoms with Crippen LogP contribution in [0.2, 0.25) is 0 Å². The summed E-state index contributed by atoms with van der Waals surface area (Å²) in [5.74, 6) is 1.79. The lowest BCUT2D eigenvalue weighted by atomic mass is 9.64. The fraction of sp³-hybridized carbons (Fsp3) is 0.406. The van der Waals surface area contributed by atoms with E-state index in [4.69, 9.17) is 4.74 Å². The summed E-state index contributed by atoms with van der Waals surface area (Å²) in [6.45, 7) is 8.02. The predicted octanol–water partition coefficient (Wildman–Crippen LogP) is 6.15. The minimum atomic E-state index is -0.597. The fourth-order valence-corrected chi connectivity index (χ4v) is 6.33. The van der Waals surface area contributed by atoms with Crippen LogP contribution in [-0.2, 0) is 23.1 Å². The molecular weight excluding hydrogens is 430 g/mol. The number of fused-ring (bicyclic) bond motifs is 1. The quantitative estimate of drug-likeness (QED) is 0.398. The molecule has 5 rings (SSSR count). The smallest absolute Gasteiger partial charge is 0.144 e. The largest absolute Gasteiger partial charge is 0.493 e. The van der Waals surface area contributed by atoms with Gasteiger partial charge in [0.25, 0.3) is 0 Å².